The highest BCUT2D eigenvalue weighted by atomic mass is 19.1. The van der Waals surface area contributed by atoms with Crippen LogP contribution < -0.4 is 5.32 Å². The Morgan fingerprint density at radius 1 is 1.18 bits per heavy atom. The van der Waals surface area contributed by atoms with E-state index in [9.17, 15) is 8.78 Å². The Labute approximate surface area is 101 Å². The van der Waals surface area contributed by atoms with Crippen molar-refractivity contribution in [2.24, 2.45) is 5.92 Å². The molecule has 1 aliphatic rings. The number of aryl methyl sites for hydroxylation is 1. The fourth-order valence-corrected chi connectivity index (χ4v) is 2.46. The van der Waals surface area contributed by atoms with E-state index in [1.807, 2.05) is 0 Å². The van der Waals surface area contributed by atoms with Crippen LogP contribution in [0.1, 0.15) is 37.7 Å². The molecule has 1 aliphatic carbocycles. The normalized spacial score (nSPS) is 17.1. The Morgan fingerprint density at radius 3 is 2.59 bits per heavy atom. The molecule has 0 amide bonds. The first kappa shape index (κ1) is 12.3. The van der Waals surface area contributed by atoms with E-state index in [1.54, 1.807) is 6.92 Å². The lowest BCUT2D eigenvalue weighted by molar-refractivity contribution is 0.372. The van der Waals surface area contributed by atoms with Crippen LogP contribution in [0.25, 0.3) is 0 Å². The van der Waals surface area contributed by atoms with Crippen molar-refractivity contribution in [1.82, 2.24) is 0 Å². The van der Waals surface area contributed by atoms with Gasteiger partial charge in [-0.15, -0.1) is 0 Å². The van der Waals surface area contributed by atoms with Crippen molar-refractivity contribution < 1.29 is 8.78 Å². The molecule has 1 fully saturated rings. The quantitative estimate of drug-likeness (QED) is 0.830. The molecule has 0 spiro atoms. The molecular weight excluding hydrogens is 220 g/mol. The van der Waals surface area contributed by atoms with Gasteiger partial charge in [0.15, 0.2) is 5.82 Å². The summed E-state index contributed by atoms with van der Waals surface area (Å²) in [6, 6.07) is 2.79. The van der Waals surface area contributed by atoms with Crippen LogP contribution in [0, 0.1) is 24.5 Å². The van der Waals surface area contributed by atoms with E-state index in [1.165, 1.54) is 44.2 Å². The van der Waals surface area contributed by atoms with Crippen molar-refractivity contribution in [1.29, 1.82) is 0 Å². The van der Waals surface area contributed by atoms with Crippen molar-refractivity contribution in [3.05, 3.63) is 29.3 Å². The molecule has 0 bridgehead atoms. The summed E-state index contributed by atoms with van der Waals surface area (Å²) in [5, 5.41) is 2.94. The zero-order valence-corrected chi connectivity index (χ0v) is 10.2. The predicted octanol–water partition coefficient (Wildman–Crippen LogP) is 4.27. The molecule has 1 saturated carbocycles. The van der Waals surface area contributed by atoms with Gasteiger partial charge in [0.05, 0.1) is 0 Å². The number of rotatable bonds is 3. The summed E-state index contributed by atoms with van der Waals surface area (Å²) in [4.78, 5) is 0. The smallest absolute Gasteiger partial charge is 0.152 e. The molecule has 17 heavy (non-hydrogen) atoms. The summed E-state index contributed by atoms with van der Waals surface area (Å²) in [6.45, 7) is 2.33. The Morgan fingerprint density at radius 2 is 1.88 bits per heavy atom. The van der Waals surface area contributed by atoms with Crippen LogP contribution in [0.4, 0.5) is 14.5 Å². The molecule has 0 saturated heterocycles. The molecule has 94 valence electrons. The highest BCUT2D eigenvalue weighted by molar-refractivity contribution is 5.48. The van der Waals surface area contributed by atoms with Crippen LogP contribution in [-0.4, -0.2) is 6.54 Å². The highest BCUT2D eigenvalue weighted by Gasteiger charge is 2.16. The second-order valence-corrected chi connectivity index (χ2v) is 4.94. The van der Waals surface area contributed by atoms with Gasteiger partial charge in [-0.1, -0.05) is 25.3 Å². The van der Waals surface area contributed by atoms with E-state index in [0.29, 0.717) is 18.0 Å². The van der Waals surface area contributed by atoms with Crippen molar-refractivity contribution in [2.45, 2.75) is 39.0 Å². The van der Waals surface area contributed by atoms with Crippen molar-refractivity contribution >= 4 is 5.69 Å². The Bertz CT molecular complexity index is 384. The fourth-order valence-electron chi connectivity index (χ4n) is 2.46. The average molecular weight is 239 g/mol. The van der Waals surface area contributed by atoms with Crippen LogP contribution in [0.5, 0.6) is 0 Å². The first-order chi connectivity index (χ1) is 8.18. The van der Waals surface area contributed by atoms with Gasteiger partial charge in [0.1, 0.15) is 11.5 Å². The van der Waals surface area contributed by atoms with Crippen LogP contribution in [0.2, 0.25) is 0 Å². The monoisotopic (exact) mass is 239 g/mol. The van der Waals surface area contributed by atoms with Gasteiger partial charge in [0, 0.05) is 6.54 Å². The van der Waals surface area contributed by atoms with Crippen molar-refractivity contribution in [3.8, 4) is 0 Å². The van der Waals surface area contributed by atoms with E-state index in [2.05, 4.69) is 5.32 Å². The molecule has 0 atom stereocenters. The van der Waals surface area contributed by atoms with Crippen LogP contribution in [0.15, 0.2) is 12.1 Å². The fraction of sp³-hybridized carbons (Fsp3) is 0.571. The summed E-state index contributed by atoms with van der Waals surface area (Å²) in [6.07, 6.45) is 6.12. The molecule has 1 aromatic rings. The zero-order valence-electron chi connectivity index (χ0n) is 10.2. The Hall–Kier alpha value is -1.12. The van der Waals surface area contributed by atoms with Gasteiger partial charge in [-0.2, -0.15) is 0 Å². The summed E-state index contributed by atoms with van der Waals surface area (Å²) in [7, 11) is 0. The van der Waals surface area contributed by atoms with Gasteiger partial charge < -0.3 is 5.32 Å². The van der Waals surface area contributed by atoms with Crippen molar-refractivity contribution in [2.75, 3.05) is 11.9 Å². The minimum atomic E-state index is -0.496. The number of hydrogen-bond donors (Lipinski definition) is 1. The predicted molar refractivity (Wildman–Crippen MR) is 66.2 cm³/mol. The SMILES string of the molecule is Cc1ccc(F)c(NCC2CCCCC2)c1F. The van der Waals surface area contributed by atoms with Crippen LogP contribution in [0.3, 0.4) is 0 Å². The molecular formula is C14H19F2N. The summed E-state index contributed by atoms with van der Waals surface area (Å²) < 4.78 is 27.2. The third kappa shape index (κ3) is 2.96. The van der Waals surface area contributed by atoms with E-state index in [0.717, 1.165) is 0 Å². The third-order valence-corrected chi connectivity index (χ3v) is 3.58. The first-order valence-corrected chi connectivity index (χ1v) is 6.37. The lowest BCUT2D eigenvalue weighted by Crippen LogP contribution is -2.18. The third-order valence-electron chi connectivity index (χ3n) is 3.58. The number of anilines is 1. The highest BCUT2D eigenvalue weighted by Crippen LogP contribution is 2.26. The van der Waals surface area contributed by atoms with E-state index in [4.69, 9.17) is 0 Å². The summed E-state index contributed by atoms with van der Waals surface area (Å²) in [5.41, 5.74) is 0.521. The Balaban J connectivity index is 2.00. The van der Waals surface area contributed by atoms with Gasteiger partial charge in [0.25, 0.3) is 0 Å². The molecule has 1 nitrogen and oxygen atoms in total. The van der Waals surface area contributed by atoms with Gasteiger partial charge in [-0.3, -0.25) is 0 Å². The van der Waals surface area contributed by atoms with Gasteiger partial charge >= 0.3 is 0 Å². The molecule has 3 heteroatoms. The largest absolute Gasteiger partial charge is 0.380 e. The molecule has 0 aromatic heterocycles. The number of benzene rings is 1. The zero-order chi connectivity index (χ0) is 12.3. The van der Waals surface area contributed by atoms with Gasteiger partial charge in [-0.05, 0) is 37.3 Å². The van der Waals surface area contributed by atoms with Gasteiger partial charge in [0.2, 0.25) is 0 Å². The lowest BCUT2D eigenvalue weighted by atomic mass is 9.89. The second-order valence-electron chi connectivity index (χ2n) is 4.94. The van der Waals surface area contributed by atoms with E-state index in [-0.39, 0.29) is 5.69 Å². The maximum absolute atomic E-state index is 13.7. The molecule has 0 aliphatic heterocycles. The number of halogens is 2. The number of hydrogen-bond acceptors (Lipinski definition) is 1. The molecule has 1 N–H and O–H groups in total. The average Bonchev–Trinajstić information content (AvgIpc) is 2.35. The molecule has 0 heterocycles. The van der Waals surface area contributed by atoms with E-state index < -0.39 is 11.6 Å². The minimum Gasteiger partial charge on any atom is -0.380 e. The minimum absolute atomic E-state index is 0.0376. The second kappa shape index (κ2) is 5.48. The topological polar surface area (TPSA) is 12.0 Å². The standard InChI is InChI=1S/C14H19F2N/c1-10-7-8-12(15)14(13(10)16)17-9-11-5-3-2-4-6-11/h7-8,11,17H,2-6,9H2,1H3. The van der Waals surface area contributed by atoms with Crippen molar-refractivity contribution in [3.63, 3.8) is 0 Å². The van der Waals surface area contributed by atoms with Gasteiger partial charge in [-0.25, -0.2) is 8.78 Å². The molecule has 1 aromatic carbocycles. The first-order valence-electron chi connectivity index (χ1n) is 6.37. The van der Waals surface area contributed by atoms with E-state index >= 15 is 0 Å². The summed E-state index contributed by atoms with van der Waals surface area (Å²) >= 11 is 0. The maximum Gasteiger partial charge on any atom is 0.152 e. The maximum atomic E-state index is 13.7. The summed E-state index contributed by atoms with van der Waals surface area (Å²) in [5.74, 6) is -0.396. The molecule has 0 unspecified atom stereocenters. The lowest BCUT2D eigenvalue weighted by Gasteiger charge is -2.22. The molecule has 0 radical (unpaired) electrons. The Kier molecular flexibility index (Phi) is 3.97. The van der Waals surface area contributed by atoms with Crippen LogP contribution >= 0.6 is 0 Å². The number of nitrogens with one attached hydrogen (secondary N) is 1. The molecule has 2 rings (SSSR count). The van der Waals surface area contributed by atoms with Crippen LogP contribution in [-0.2, 0) is 0 Å².